The van der Waals surface area contributed by atoms with Crippen molar-refractivity contribution in [3.8, 4) is 0 Å². The predicted octanol–water partition coefficient (Wildman–Crippen LogP) is 5.23. The second-order valence-corrected chi connectivity index (χ2v) is 8.47. The van der Waals surface area contributed by atoms with Crippen LogP contribution in [0.2, 0.25) is 0 Å². The second-order valence-electron chi connectivity index (χ2n) is 6.61. The highest BCUT2D eigenvalue weighted by atomic mass is 79.9. The highest BCUT2D eigenvalue weighted by molar-refractivity contribution is 9.10. The van der Waals surface area contributed by atoms with E-state index in [1.54, 1.807) is 16.9 Å². The van der Waals surface area contributed by atoms with Crippen LogP contribution < -0.4 is 0 Å². The molecule has 0 spiro atoms. The molecule has 1 nitrogen and oxygen atoms in total. The Labute approximate surface area is 131 Å². The molecule has 1 aromatic heterocycles. The van der Waals surface area contributed by atoms with E-state index in [2.05, 4.69) is 33.5 Å². The van der Waals surface area contributed by atoms with Gasteiger partial charge in [0.15, 0.2) is 5.78 Å². The summed E-state index contributed by atoms with van der Waals surface area (Å²) in [6.07, 6.45) is 12.2. The van der Waals surface area contributed by atoms with E-state index in [0.29, 0.717) is 5.78 Å². The lowest BCUT2D eigenvalue weighted by atomic mass is 9.53. The molecule has 5 rings (SSSR count). The number of halogens is 1. The van der Waals surface area contributed by atoms with Crippen LogP contribution in [0, 0.1) is 17.3 Å². The maximum Gasteiger partial charge on any atom is 0.165 e. The van der Waals surface area contributed by atoms with Crippen molar-refractivity contribution < 1.29 is 4.79 Å². The van der Waals surface area contributed by atoms with Gasteiger partial charge in [-0.3, -0.25) is 4.79 Å². The number of carbonyl (C=O) groups is 1. The number of thiophene rings is 1. The molecular formula is C17H17BrOS. The average Bonchev–Trinajstić information content (AvgIpc) is 2.80. The highest BCUT2D eigenvalue weighted by Crippen LogP contribution is 2.57. The largest absolute Gasteiger partial charge is 0.294 e. The zero-order valence-corrected chi connectivity index (χ0v) is 13.7. The summed E-state index contributed by atoms with van der Waals surface area (Å²) >= 11 is 5.12. The Bertz CT molecular complexity index is 609. The molecule has 2 atom stereocenters. The Kier molecular flexibility index (Phi) is 3.04. The molecule has 2 fully saturated rings. The maximum absolute atomic E-state index is 12.7. The first-order valence-corrected chi connectivity index (χ1v) is 8.97. The molecule has 4 bridgehead atoms. The van der Waals surface area contributed by atoms with Crippen molar-refractivity contribution in [1.82, 2.24) is 0 Å². The molecule has 104 valence electrons. The minimum absolute atomic E-state index is 0.148. The van der Waals surface area contributed by atoms with Crippen molar-refractivity contribution in [2.75, 3.05) is 0 Å². The van der Waals surface area contributed by atoms with Crippen LogP contribution in [0.5, 0.6) is 0 Å². The quantitative estimate of drug-likeness (QED) is 0.539. The molecule has 3 heteroatoms. The molecule has 0 N–H and O–H groups in total. The zero-order valence-electron chi connectivity index (χ0n) is 11.3. The van der Waals surface area contributed by atoms with Crippen molar-refractivity contribution in [3.63, 3.8) is 0 Å². The molecular weight excluding hydrogens is 332 g/mol. The van der Waals surface area contributed by atoms with Crippen LogP contribution in [-0.4, -0.2) is 5.78 Å². The van der Waals surface area contributed by atoms with Crippen LogP contribution >= 0.6 is 27.3 Å². The summed E-state index contributed by atoms with van der Waals surface area (Å²) in [7, 11) is 0. The number of carbonyl (C=O) groups excluding carboxylic acids is 1. The van der Waals surface area contributed by atoms with Crippen molar-refractivity contribution in [2.45, 2.75) is 32.1 Å². The van der Waals surface area contributed by atoms with E-state index in [0.717, 1.165) is 34.0 Å². The SMILES string of the molecule is O=C(/C=C/c1cc(Br)cs1)C12C=C3CC(CC(C3)C1)C2. The smallest absolute Gasteiger partial charge is 0.165 e. The number of hydrogen-bond donors (Lipinski definition) is 0. The van der Waals surface area contributed by atoms with Crippen molar-refractivity contribution >= 4 is 39.1 Å². The van der Waals surface area contributed by atoms with Crippen LogP contribution in [0.15, 0.2) is 33.6 Å². The summed E-state index contributed by atoms with van der Waals surface area (Å²) in [6, 6.07) is 2.06. The zero-order chi connectivity index (χ0) is 13.7. The summed E-state index contributed by atoms with van der Waals surface area (Å²) < 4.78 is 1.09. The highest BCUT2D eigenvalue weighted by Gasteiger charge is 2.49. The fraction of sp³-hybridized carbons (Fsp3) is 0.471. The predicted molar refractivity (Wildman–Crippen MR) is 86.6 cm³/mol. The lowest BCUT2D eigenvalue weighted by Gasteiger charge is -2.50. The third-order valence-corrected chi connectivity index (χ3v) is 6.69. The molecule has 0 aromatic carbocycles. The van der Waals surface area contributed by atoms with Gasteiger partial charge in [0.05, 0.1) is 5.41 Å². The Hall–Kier alpha value is -0.670. The molecule has 0 aliphatic heterocycles. The minimum atomic E-state index is -0.148. The van der Waals surface area contributed by atoms with Gasteiger partial charge in [-0.1, -0.05) is 11.6 Å². The van der Waals surface area contributed by atoms with Crippen LogP contribution in [-0.2, 0) is 4.79 Å². The molecule has 4 aliphatic carbocycles. The molecule has 4 aliphatic rings. The van der Waals surface area contributed by atoms with Crippen LogP contribution in [0.4, 0.5) is 0 Å². The topological polar surface area (TPSA) is 17.1 Å². The van der Waals surface area contributed by atoms with Gasteiger partial charge in [-0.05, 0) is 78.1 Å². The van der Waals surface area contributed by atoms with E-state index in [1.807, 2.05) is 12.2 Å². The second kappa shape index (κ2) is 4.67. The number of rotatable bonds is 3. The number of ketones is 1. The Morgan fingerprint density at radius 2 is 2.10 bits per heavy atom. The van der Waals surface area contributed by atoms with E-state index < -0.39 is 0 Å². The van der Waals surface area contributed by atoms with Crippen molar-refractivity contribution in [2.24, 2.45) is 17.3 Å². The van der Waals surface area contributed by atoms with Crippen LogP contribution in [0.25, 0.3) is 6.08 Å². The van der Waals surface area contributed by atoms with E-state index >= 15 is 0 Å². The average molecular weight is 349 g/mol. The van der Waals surface area contributed by atoms with Gasteiger partial charge in [-0.15, -0.1) is 11.3 Å². The summed E-state index contributed by atoms with van der Waals surface area (Å²) in [5.74, 6) is 1.88. The van der Waals surface area contributed by atoms with E-state index in [1.165, 1.54) is 19.3 Å². The molecule has 1 heterocycles. The third-order valence-electron chi connectivity index (χ3n) is 5.03. The number of hydrogen-bond acceptors (Lipinski definition) is 2. The molecule has 0 radical (unpaired) electrons. The molecule has 20 heavy (non-hydrogen) atoms. The normalized spacial score (nSPS) is 34.8. The van der Waals surface area contributed by atoms with E-state index in [4.69, 9.17) is 0 Å². The third kappa shape index (κ3) is 2.15. The van der Waals surface area contributed by atoms with E-state index in [-0.39, 0.29) is 5.41 Å². The monoisotopic (exact) mass is 348 g/mol. The standard InChI is InChI=1S/C17H17BrOS/c18-14-6-15(20-10-14)1-2-16(19)17-7-11-3-12(8-17)5-13(4-11)9-17/h1-2,6-7,10,12-13H,3-5,8-9H2/b2-1+. The van der Waals surface area contributed by atoms with Crippen molar-refractivity contribution in [1.29, 1.82) is 0 Å². The molecule has 1 aromatic rings. The van der Waals surface area contributed by atoms with Gasteiger partial charge in [0, 0.05) is 14.7 Å². The summed E-state index contributed by atoms with van der Waals surface area (Å²) in [5, 5.41) is 2.05. The first-order valence-electron chi connectivity index (χ1n) is 7.30. The van der Waals surface area contributed by atoms with E-state index in [9.17, 15) is 4.79 Å². The first-order chi connectivity index (χ1) is 9.63. The minimum Gasteiger partial charge on any atom is -0.294 e. The fourth-order valence-electron chi connectivity index (χ4n) is 4.53. The van der Waals surface area contributed by atoms with Gasteiger partial charge in [0.25, 0.3) is 0 Å². The number of allylic oxidation sites excluding steroid dienone is 3. The Morgan fingerprint density at radius 1 is 1.35 bits per heavy atom. The van der Waals surface area contributed by atoms with Gasteiger partial charge in [-0.2, -0.15) is 0 Å². The first kappa shape index (κ1) is 13.0. The summed E-state index contributed by atoms with van der Waals surface area (Å²) in [6.45, 7) is 0. The van der Waals surface area contributed by atoms with Gasteiger partial charge in [-0.25, -0.2) is 0 Å². The van der Waals surface area contributed by atoms with Gasteiger partial charge in [0.1, 0.15) is 0 Å². The lowest BCUT2D eigenvalue weighted by Crippen LogP contribution is -2.44. The lowest BCUT2D eigenvalue weighted by molar-refractivity contribution is -0.125. The maximum atomic E-state index is 12.7. The Balaban J connectivity index is 1.59. The summed E-state index contributed by atoms with van der Waals surface area (Å²) in [4.78, 5) is 13.9. The molecule has 0 amide bonds. The van der Waals surface area contributed by atoms with Crippen LogP contribution in [0.3, 0.4) is 0 Å². The molecule has 0 saturated heterocycles. The van der Waals surface area contributed by atoms with Crippen molar-refractivity contribution in [3.05, 3.63) is 38.5 Å². The van der Waals surface area contributed by atoms with Gasteiger partial charge >= 0.3 is 0 Å². The van der Waals surface area contributed by atoms with Crippen LogP contribution in [0.1, 0.15) is 37.0 Å². The Morgan fingerprint density at radius 3 is 2.70 bits per heavy atom. The van der Waals surface area contributed by atoms with Gasteiger partial charge in [0.2, 0.25) is 0 Å². The summed E-state index contributed by atoms with van der Waals surface area (Å²) in [5.41, 5.74) is 1.41. The van der Waals surface area contributed by atoms with Gasteiger partial charge < -0.3 is 0 Å². The molecule has 2 unspecified atom stereocenters. The fourth-order valence-corrected chi connectivity index (χ4v) is 5.86. The molecule has 2 saturated carbocycles.